The number of ether oxygens (including phenoxy) is 2. The van der Waals surface area contributed by atoms with Crippen molar-refractivity contribution in [2.24, 2.45) is 11.8 Å². The summed E-state index contributed by atoms with van der Waals surface area (Å²) in [6, 6.07) is 7.11. The Kier molecular flexibility index (Phi) is 5.38. The Bertz CT molecular complexity index is 547. The van der Waals surface area contributed by atoms with Crippen molar-refractivity contribution >= 4 is 11.8 Å². The van der Waals surface area contributed by atoms with Gasteiger partial charge in [0.1, 0.15) is 5.75 Å². The fraction of sp³-hybridized carbons (Fsp3) is 0.500. The number of rotatable bonds is 5. The minimum absolute atomic E-state index is 0.00334. The quantitative estimate of drug-likeness (QED) is 0.873. The number of amides is 2. The highest BCUT2D eigenvalue weighted by Crippen LogP contribution is 2.27. The molecule has 0 saturated carbocycles. The second-order valence-electron chi connectivity index (χ2n) is 5.35. The molecule has 0 bridgehead atoms. The maximum Gasteiger partial charge on any atom is 0.257 e. The first-order valence-corrected chi connectivity index (χ1v) is 7.25. The van der Waals surface area contributed by atoms with Crippen molar-refractivity contribution < 1.29 is 19.1 Å². The molecule has 0 aromatic heterocycles. The van der Waals surface area contributed by atoms with Crippen LogP contribution < -0.4 is 10.1 Å². The monoisotopic (exact) mass is 306 g/mol. The minimum Gasteiger partial charge on any atom is -0.496 e. The van der Waals surface area contributed by atoms with Crippen LogP contribution in [-0.4, -0.2) is 57.7 Å². The van der Waals surface area contributed by atoms with Crippen LogP contribution >= 0.6 is 0 Å². The molecule has 1 heterocycles. The average molecular weight is 306 g/mol. The molecule has 2 amide bonds. The van der Waals surface area contributed by atoms with Crippen molar-refractivity contribution in [2.75, 3.05) is 41.0 Å². The van der Waals surface area contributed by atoms with E-state index in [1.165, 1.54) is 7.11 Å². The maximum atomic E-state index is 12.7. The molecule has 1 aliphatic heterocycles. The van der Waals surface area contributed by atoms with Crippen LogP contribution in [0.1, 0.15) is 10.4 Å². The zero-order chi connectivity index (χ0) is 16.1. The summed E-state index contributed by atoms with van der Waals surface area (Å²) in [5.41, 5.74) is 0.513. The van der Waals surface area contributed by atoms with Gasteiger partial charge < -0.3 is 19.7 Å². The molecule has 6 nitrogen and oxygen atoms in total. The molecular formula is C16H22N2O4. The van der Waals surface area contributed by atoms with Crippen LogP contribution in [0.3, 0.4) is 0 Å². The van der Waals surface area contributed by atoms with E-state index in [-0.39, 0.29) is 23.7 Å². The first-order chi connectivity index (χ1) is 10.6. The Morgan fingerprint density at radius 2 is 2.00 bits per heavy atom. The van der Waals surface area contributed by atoms with E-state index in [0.29, 0.717) is 31.0 Å². The minimum atomic E-state index is -0.247. The molecule has 120 valence electrons. The summed E-state index contributed by atoms with van der Waals surface area (Å²) in [5.74, 6) is 0.119. The van der Waals surface area contributed by atoms with Crippen LogP contribution in [0.25, 0.3) is 0 Å². The Hall–Kier alpha value is -2.08. The number of benzene rings is 1. The van der Waals surface area contributed by atoms with Gasteiger partial charge in [-0.2, -0.15) is 0 Å². The molecule has 1 saturated heterocycles. The molecule has 1 N–H and O–H groups in total. The molecule has 1 aliphatic rings. The Labute approximate surface area is 130 Å². The summed E-state index contributed by atoms with van der Waals surface area (Å²) in [4.78, 5) is 26.4. The number of nitrogens with one attached hydrogen (secondary N) is 1. The van der Waals surface area contributed by atoms with Gasteiger partial charge in [0.2, 0.25) is 5.91 Å². The number of nitrogens with zero attached hydrogens (tertiary/aromatic N) is 1. The van der Waals surface area contributed by atoms with Gasteiger partial charge in [-0.3, -0.25) is 9.59 Å². The van der Waals surface area contributed by atoms with Crippen molar-refractivity contribution in [2.45, 2.75) is 0 Å². The fourth-order valence-electron chi connectivity index (χ4n) is 2.89. The SMILES string of the molecule is CNC(=O)[C@@H]1CN(C(=O)c2ccccc2OC)C[C@H]1COC. The van der Waals surface area contributed by atoms with Gasteiger partial charge in [-0.1, -0.05) is 12.1 Å². The normalized spacial score (nSPS) is 20.8. The lowest BCUT2D eigenvalue weighted by Crippen LogP contribution is -2.34. The van der Waals surface area contributed by atoms with E-state index >= 15 is 0 Å². The lowest BCUT2D eigenvalue weighted by Gasteiger charge is -2.18. The Balaban J connectivity index is 2.19. The van der Waals surface area contributed by atoms with Gasteiger partial charge >= 0.3 is 0 Å². The van der Waals surface area contributed by atoms with Gasteiger partial charge in [-0.15, -0.1) is 0 Å². The molecule has 2 atom stereocenters. The summed E-state index contributed by atoms with van der Waals surface area (Å²) in [6.07, 6.45) is 0. The van der Waals surface area contributed by atoms with E-state index in [2.05, 4.69) is 5.32 Å². The topological polar surface area (TPSA) is 67.9 Å². The summed E-state index contributed by atoms with van der Waals surface area (Å²) in [6.45, 7) is 1.35. The maximum absolute atomic E-state index is 12.7. The lowest BCUT2D eigenvalue weighted by molar-refractivity contribution is -0.125. The summed E-state index contributed by atoms with van der Waals surface area (Å²) < 4.78 is 10.4. The second-order valence-corrected chi connectivity index (χ2v) is 5.35. The van der Waals surface area contributed by atoms with Crippen LogP contribution in [0.5, 0.6) is 5.75 Å². The zero-order valence-corrected chi connectivity index (χ0v) is 13.2. The zero-order valence-electron chi connectivity index (χ0n) is 13.2. The van der Waals surface area contributed by atoms with Crippen molar-refractivity contribution in [3.63, 3.8) is 0 Å². The third-order valence-corrected chi connectivity index (χ3v) is 4.03. The first kappa shape index (κ1) is 16.3. The number of hydrogen-bond acceptors (Lipinski definition) is 4. The summed E-state index contributed by atoms with van der Waals surface area (Å²) in [5, 5.41) is 2.66. The number of carbonyl (C=O) groups excluding carboxylic acids is 2. The predicted octanol–water partition coefficient (Wildman–Crippen LogP) is 0.776. The Morgan fingerprint density at radius 1 is 1.27 bits per heavy atom. The number of hydrogen-bond donors (Lipinski definition) is 1. The molecular weight excluding hydrogens is 284 g/mol. The van der Waals surface area contributed by atoms with Crippen LogP contribution in [0.4, 0.5) is 0 Å². The highest BCUT2D eigenvalue weighted by atomic mass is 16.5. The molecule has 0 spiro atoms. The average Bonchev–Trinajstić information content (AvgIpc) is 2.97. The third-order valence-electron chi connectivity index (χ3n) is 4.03. The largest absolute Gasteiger partial charge is 0.496 e. The van der Waals surface area contributed by atoms with E-state index < -0.39 is 0 Å². The van der Waals surface area contributed by atoms with Crippen LogP contribution in [0.15, 0.2) is 24.3 Å². The molecule has 6 heteroatoms. The van der Waals surface area contributed by atoms with E-state index in [9.17, 15) is 9.59 Å². The summed E-state index contributed by atoms with van der Waals surface area (Å²) in [7, 11) is 4.75. The number of likely N-dealkylation sites (tertiary alicyclic amines) is 1. The molecule has 22 heavy (non-hydrogen) atoms. The van der Waals surface area contributed by atoms with Gasteiger partial charge in [0.05, 0.1) is 25.2 Å². The highest BCUT2D eigenvalue weighted by molar-refractivity contribution is 5.97. The van der Waals surface area contributed by atoms with Gasteiger partial charge in [-0.25, -0.2) is 0 Å². The van der Waals surface area contributed by atoms with E-state index in [1.807, 2.05) is 6.07 Å². The lowest BCUT2D eigenvalue weighted by atomic mass is 9.96. The number of para-hydroxylation sites is 1. The molecule has 0 aliphatic carbocycles. The van der Waals surface area contributed by atoms with E-state index in [0.717, 1.165) is 0 Å². The van der Waals surface area contributed by atoms with Gasteiger partial charge in [0, 0.05) is 33.2 Å². The highest BCUT2D eigenvalue weighted by Gasteiger charge is 2.39. The second kappa shape index (κ2) is 7.26. The standard InChI is InChI=1S/C16H22N2O4/c1-17-15(19)13-9-18(8-11(13)10-21-2)16(20)12-6-4-5-7-14(12)22-3/h4-7,11,13H,8-10H2,1-3H3,(H,17,19)/t11-,13+/m0/s1. The van der Waals surface area contributed by atoms with Gasteiger partial charge in [0.15, 0.2) is 0 Å². The molecule has 1 aromatic rings. The first-order valence-electron chi connectivity index (χ1n) is 7.25. The van der Waals surface area contributed by atoms with Crippen molar-refractivity contribution in [3.05, 3.63) is 29.8 Å². The molecule has 1 aromatic carbocycles. The fourth-order valence-corrected chi connectivity index (χ4v) is 2.89. The van der Waals surface area contributed by atoms with Gasteiger partial charge in [0.25, 0.3) is 5.91 Å². The molecule has 0 radical (unpaired) electrons. The van der Waals surface area contributed by atoms with E-state index in [4.69, 9.17) is 9.47 Å². The number of methoxy groups -OCH3 is 2. The van der Waals surface area contributed by atoms with Crippen molar-refractivity contribution in [1.82, 2.24) is 10.2 Å². The summed E-state index contributed by atoms with van der Waals surface area (Å²) >= 11 is 0. The predicted molar refractivity (Wildman–Crippen MR) is 81.8 cm³/mol. The Morgan fingerprint density at radius 3 is 2.64 bits per heavy atom. The van der Waals surface area contributed by atoms with E-state index in [1.54, 1.807) is 37.3 Å². The third kappa shape index (κ3) is 3.22. The van der Waals surface area contributed by atoms with Crippen LogP contribution in [0.2, 0.25) is 0 Å². The van der Waals surface area contributed by atoms with Crippen LogP contribution in [0, 0.1) is 11.8 Å². The number of carbonyl (C=O) groups is 2. The molecule has 0 unspecified atom stereocenters. The van der Waals surface area contributed by atoms with Crippen molar-refractivity contribution in [3.8, 4) is 5.75 Å². The van der Waals surface area contributed by atoms with Crippen molar-refractivity contribution in [1.29, 1.82) is 0 Å². The van der Waals surface area contributed by atoms with Crippen LogP contribution in [-0.2, 0) is 9.53 Å². The smallest absolute Gasteiger partial charge is 0.257 e. The molecule has 2 rings (SSSR count). The van der Waals surface area contributed by atoms with Gasteiger partial charge in [-0.05, 0) is 12.1 Å². The molecule has 1 fully saturated rings.